The molecule has 0 bridgehead atoms. The first-order valence-electron chi connectivity index (χ1n) is 6.88. The van der Waals surface area contributed by atoms with E-state index in [1.54, 1.807) is 49.4 Å². The lowest BCUT2D eigenvalue weighted by Crippen LogP contribution is -2.10. The van der Waals surface area contributed by atoms with Crippen molar-refractivity contribution >= 4 is 22.6 Å². The molecule has 0 N–H and O–H groups in total. The molecule has 3 rings (SSSR count). The van der Waals surface area contributed by atoms with Gasteiger partial charge in [0, 0.05) is 17.6 Å². The fraction of sp³-hybridized carbons (Fsp3) is 0.0588. The van der Waals surface area contributed by atoms with Gasteiger partial charge in [-0.25, -0.2) is 4.79 Å². The Balaban J connectivity index is 2.15. The van der Waals surface area contributed by atoms with Crippen molar-refractivity contribution in [3.63, 3.8) is 0 Å². The highest BCUT2D eigenvalue weighted by atomic mass is 16.6. The molecule has 0 aliphatic rings. The van der Waals surface area contributed by atoms with Gasteiger partial charge in [-0.05, 0) is 30.7 Å². The van der Waals surface area contributed by atoms with Crippen molar-refractivity contribution in [1.82, 2.24) is 4.98 Å². The van der Waals surface area contributed by atoms with Gasteiger partial charge in [-0.15, -0.1) is 0 Å². The van der Waals surface area contributed by atoms with Crippen LogP contribution in [-0.2, 0) is 0 Å². The van der Waals surface area contributed by atoms with E-state index in [0.717, 1.165) is 0 Å². The molecule has 1 aromatic heterocycles. The molecule has 2 aromatic carbocycles. The monoisotopic (exact) mass is 308 g/mol. The summed E-state index contributed by atoms with van der Waals surface area (Å²) in [6.07, 6.45) is 1.51. The highest BCUT2D eigenvalue weighted by Crippen LogP contribution is 2.36. The van der Waals surface area contributed by atoms with Gasteiger partial charge in [0.2, 0.25) is 5.75 Å². The molecule has 0 saturated heterocycles. The molecular weight excluding hydrogens is 296 g/mol. The van der Waals surface area contributed by atoms with Crippen molar-refractivity contribution in [2.24, 2.45) is 0 Å². The van der Waals surface area contributed by atoms with Crippen LogP contribution in [-0.4, -0.2) is 15.9 Å². The minimum absolute atomic E-state index is 0.134. The zero-order valence-corrected chi connectivity index (χ0v) is 12.2. The van der Waals surface area contributed by atoms with Crippen molar-refractivity contribution in [3.05, 3.63) is 76.0 Å². The quantitative estimate of drug-likeness (QED) is 0.319. The number of hydrogen-bond acceptors (Lipinski definition) is 5. The zero-order valence-electron chi connectivity index (χ0n) is 12.2. The number of benzene rings is 2. The van der Waals surface area contributed by atoms with Crippen molar-refractivity contribution in [2.75, 3.05) is 0 Å². The van der Waals surface area contributed by atoms with E-state index in [1.165, 1.54) is 12.3 Å². The first kappa shape index (κ1) is 14.6. The highest BCUT2D eigenvalue weighted by Gasteiger charge is 2.24. The van der Waals surface area contributed by atoms with Gasteiger partial charge in [0.15, 0.2) is 0 Å². The summed E-state index contributed by atoms with van der Waals surface area (Å²) in [6, 6.07) is 13.2. The van der Waals surface area contributed by atoms with Crippen LogP contribution in [0.15, 0.2) is 54.7 Å². The number of aryl methyl sites for hydroxylation is 1. The summed E-state index contributed by atoms with van der Waals surface area (Å²) in [5.41, 5.74) is 1.02. The Kier molecular flexibility index (Phi) is 3.72. The second-order valence-electron chi connectivity index (χ2n) is 4.95. The van der Waals surface area contributed by atoms with E-state index in [4.69, 9.17) is 4.74 Å². The predicted octanol–water partition coefficient (Wildman–Crippen LogP) is 3.67. The van der Waals surface area contributed by atoms with E-state index in [-0.39, 0.29) is 11.4 Å². The van der Waals surface area contributed by atoms with Gasteiger partial charge in [0.1, 0.15) is 5.52 Å². The largest absolute Gasteiger partial charge is 0.413 e. The molecular formula is C17H12N2O4. The first-order chi connectivity index (χ1) is 11.1. The number of nitro benzene ring substituents is 1. The third kappa shape index (κ3) is 2.74. The first-order valence-corrected chi connectivity index (χ1v) is 6.88. The Morgan fingerprint density at radius 2 is 1.91 bits per heavy atom. The van der Waals surface area contributed by atoms with E-state index >= 15 is 0 Å². The van der Waals surface area contributed by atoms with Crippen molar-refractivity contribution in [2.45, 2.75) is 6.92 Å². The molecule has 3 aromatic rings. The Morgan fingerprint density at radius 3 is 2.61 bits per heavy atom. The number of nitro groups is 1. The molecule has 0 radical (unpaired) electrons. The maximum Gasteiger partial charge on any atom is 0.343 e. The second-order valence-corrected chi connectivity index (χ2v) is 4.95. The van der Waals surface area contributed by atoms with E-state index in [1.807, 2.05) is 0 Å². The highest BCUT2D eigenvalue weighted by molar-refractivity contribution is 5.97. The van der Waals surface area contributed by atoms with Crippen molar-refractivity contribution in [3.8, 4) is 5.75 Å². The Hall–Kier alpha value is -3.28. The van der Waals surface area contributed by atoms with E-state index in [2.05, 4.69) is 4.98 Å². The normalized spacial score (nSPS) is 10.5. The molecule has 0 atom stereocenters. The van der Waals surface area contributed by atoms with E-state index in [9.17, 15) is 14.9 Å². The average molecular weight is 308 g/mol. The van der Waals surface area contributed by atoms with Crippen LogP contribution in [0.5, 0.6) is 5.75 Å². The molecule has 23 heavy (non-hydrogen) atoms. The van der Waals surface area contributed by atoms with Gasteiger partial charge in [0.25, 0.3) is 0 Å². The number of fused-ring (bicyclic) bond motifs is 1. The molecule has 0 aliphatic heterocycles. The van der Waals surface area contributed by atoms with Crippen molar-refractivity contribution < 1.29 is 14.5 Å². The van der Waals surface area contributed by atoms with Crippen LogP contribution in [0.4, 0.5) is 5.69 Å². The number of esters is 1. The lowest BCUT2D eigenvalue weighted by molar-refractivity contribution is -0.385. The summed E-state index contributed by atoms with van der Waals surface area (Å²) in [6.45, 7) is 1.75. The Morgan fingerprint density at radius 1 is 1.17 bits per heavy atom. The number of hydrogen-bond donors (Lipinski definition) is 0. The van der Waals surface area contributed by atoms with E-state index < -0.39 is 10.9 Å². The number of pyridine rings is 1. The van der Waals surface area contributed by atoms with E-state index in [0.29, 0.717) is 22.0 Å². The Bertz CT molecular complexity index is 907. The smallest absolute Gasteiger partial charge is 0.343 e. The van der Waals surface area contributed by atoms with Gasteiger partial charge in [-0.3, -0.25) is 15.1 Å². The minimum atomic E-state index is -0.662. The van der Waals surface area contributed by atoms with Crippen LogP contribution in [0.2, 0.25) is 0 Å². The minimum Gasteiger partial charge on any atom is -0.413 e. The van der Waals surface area contributed by atoms with Crippen LogP contribution in [0, 0.1) is 17.0 Å². The zero-order chi connectivity index (χ0) is 16.4. The molecule has 6 heteroatoms. The topological polar surface area (TPSA) is 82.3 Å². The molecule has 0 spiro atoms. The fourth-order valence-corrected chi connectivity index (χ4v) is 2.34. The van der Waals surface area contributed by atoms with Gasteiger partial charge in [-0.1, -0.05) is 24.3 Å². The molecule has 0 amide bonds. The molecule has 0 unspecified atom stereocenters. The number of aromatic nitrogens is 1. The summed E-state index contributed by atoms with van der Waals surface area (Å²) in [7, 11) is 0. The fourth-order valence-electron chi connectivity index (χ4n) is 2.34. The number of nitrogens with zero attached hydrogens (tertiary/aromatic N) is 2. The third-order valence-corrected chi connectivity index (χ3v) is 3.43. The summed E-state index contributed by atoms with van der Waals surface area (Å²) >= 11 is 0. The predicted molar refractivity (Wildman–Crippen MR) is 84.5 cm³/mol. The molecule has 114 valence electrons. The number of ether oxygens (including phenoxy) is 1. The van der Waals surface area contributed by atoms with Crippen LogP contribution < -0.4 is 4.74 Å². The van der Waals surface area contributed by atoms with Crippen LogP contribution in [0.1, 0.15) is 15.9 Å². The Labute approximate surface area is 131 Å². The second kappa shape index (κ2) is 5.84. The maximum atomic E-state index is 12.2. The molecule has 0 saturated carbocycles. The van der Waals surface area contributed by atoms with Gasteiger partial charge in [-0.2, -0.15) is 0 Å². The summed E-state index contributed by atoms with van der Waals surface area (Å²) < 4.78 is 5.32. The van der Waals surface area contributed by atoms with Crippen LogP contribution in [0.3, 0.4) is 0 Å². The lowest BCUT2D eigenvalue weighted by Gasteiger charge is -2.09. The van der Waals surface area contributed by atoms with Crippen LogP contribution >= 0.6 is 0 Å². The molecule has 1 heterocycles. The van der Waals surface area contributed by atoms with Gasteiger partial charge < -0.3 is 4.74 Å². The molecule has 0 fully saturated rings. The number of carbonyl (C=O) groups excluding carboxylic acids is 1. The molecule has 6 nitrogen and oxygen atoms in total. The SMILES string of the molecule is Cc1cc([N+](=O)[O-])c(OC(=O)c2ccccc2)c2ncccc12. The van der Waals surface area contributed by atoms with Crippen LogP contribution in [0.25, 0.3) is 10.9 Å². The standard InChI is InChI=1S/C17H12N2O4/c1-11-10-14(19(21)22)16(15-13(11)8-5-9-18-15)23-17(20)12-6-3-2-4-7-12/h2-10H,1H3. The summed E-state index contributed by atoms with van der Waals surface area (Å²) in [4.78, 5) is 27.1. The maximum absolute atomic E-state index is 12.2. The number of rotatable bonds is 3. The third-order valence-electron chi connectivity index (χ3n) is 3.43. The van der Waals surface area contributed by atoms with Gasteiger partial charge in [0.05, 0.1) is 10.5 Å². The van der Waals surface area contributed by atoms with Gasteiger partial charge >= 0.3 is 11.7 Å². The molecule has 0 aliphatic carbocycles. The lowest BCUT2D eigenvalue weighted by atomic mass is 10.1. The summed E-state index contributed by atoms with van der Waals surface area (Å²) in [5.74, 6) is -0.797. The summed E-state index contributed by atoms with van der Waals surface area (Å²) in [5, 5.41) is 12.0. The number of carbonyl (C=O) groups is 1. The average Bonchev–Trinajstić information content (AvgIpc) is 2.57. The van der Waals surface area contributed by atoms with Crippen molar-refractivity contribution in [1.29, 1.82) is 0 Å².